The van der Waals surface area contributed by atoms with Crippen LogP contribution in [0.4, 0.5) is 0 Å². The van der Waals surface area contributed by atoms with Gasteiger partial charge in [0.1, 0.15) is 0 Å². The van der Waals surface area contributed by atoms with E-state index in [0.717, 1.165) is 73.4 Å². The first kappa shape index (κ1) is 27.1. The molecule has 0 aliphatic carbocycles. The molecule has 5 rings (SSSR count). The van der Waals surface area contributed by atoms with E-state index in [1.54, 1.807) is 6.20 Å². The normalized spacial score (nSPS) is 17.6. The molecule has 2 aliphatic rings. The van der Waals surface area contributed by atoms with Crippen molar-refractivity contribution < 1.29 is 4.79 Å². The minimum Gasteiger partial charge on any atom is -0.334 e. The molecule has 38 heavy (non-hydrogen) atoms. The molecule has 0 spiro atoms. The summed E-state index contributed by atoms with van der Waals surface area (Å²) < 4.78 is 0. The maximum absolute atomic E-state index is 13.7. The van der Waals surface area contributed by atoms with Gasteiger partial charge in [0.15, 0.2) is 0 Å². The topological polar surface area (TPSA) is 69.3 Å². The molecule has 1 amide bonds. The van der Waals surface area contributed by atoms with Crippen molar-refractivity contribution >= 4 is 28.8 Å². The van der Waals surface area contributed by atoms with Crippen LogP contribution in [-0.4, -0.2) is 45.3 Å². The first-order valence-corrected chi connectivity index (χ1v) is 14.9. The number of H-pyrrole nitrogens is 1. The SMILES string of the molecule is CC[C@@H](c1sc2c(c1C)C(=O)N(Cc1c(C)cc(C)[nH]c1=O)CC2)C1CCN(Cc2ccc(Cl)cn2)CC1. The number of fused-ring (bicyclic) bond motifs is 1. The maximum atomic E-state index is 13.7. The smallest absolute Gasteiger partial charge is 0.255 e. The largest absolute Gasteiger partial charge is 0.334 e. The van der Waals surface area contributed by atoms with Crippen LogP contribution >= 0.6 is 22.9 Å². The molecule has 0 aromatic carbocycles. The minimum absolute atomic E-state index is 0.0748. The Labute approximate surface area is 234 Å². The van der Waals surface area contributed by atoms with Crippen LogP contribution in [0, 0.1) is 26.7 Å². The minimum atomic E-state index is -0.0898. The number of halogens is 1. The number of aryl methyl sites for hydroxylation is 2. The van der Waals surface area contributed by atoms with Gasteiger partial charge in [0, 0.05) is 46.7 Å². The average molecular weight is 553 g/mol. The Bertz CT molecular complexity index is 1370. The number of rotatable bonds is 7. The maximum Gasteiger partial charge on any atom is 0.255 e. The molecule has 3 aromatic heterocycles. The summed E-state index contributed by atoms with van der Waals surface area (Å²) in [6, 6.07) is 5.90. The highest BCUT2D eigenvalue weighted by Gasteiger charge is 2.35. The first-order chi connectivity index (χ1) is 18.2. The molecular formula is C30H37ClN4O2S. The summed E-state index contributed by atoms with van der Waals surface area (Å²) in [5.74, 6) is 1.17. The second-order valence-electron chi connectivity index (χ2n) is 10.9. The zero-order chi connectivity index (χ0) is 27.0. The van der Waals surface area contributed by atoms with E-state index < -0.39 is 0 Å². The van der Waals surface area contributed by atoms with E-state index in [2.05, 4.69) is 28.7 Å². The van der Waals surface area contributed by atoms with Gasteiger partial charge in [0.25, 0.3) is 11.5 Å². The number of piperidine rings is 1. The second kappa shape index (κ2) is 11.3. The van der Waals surface area contributed by atoms with E-state index in [1.165, 1.54) is 9.75 Å². The predicted octanol–water partition coefficient (Wildman–Crippen LogP) is 6.01. The lowest BCUT2D eigenvalue weighted by molar-refractivity contribution is 0.0727. The number of carbonyl (C=O) groups is 1. The molecule has 8 heteroatoms. The van der Waals surface area contributed by atoms with Crippen molar-refractivity contribution in [3.63, 3.8) is 0 Å². The zero-order valence-electron chi connectivity index (χ0n) is 22.8. The summed E-state index contributed by atoms with van der Waals surface area (Å²) in [4.78, 5) is 40.6. The monoisotopic (exact) mass is 552 g/mol. The van der Waals surface area contributed by atoms with Crippen LogP contribution in [0.3, 0.4) is 0 Å². The Balaban J connectivity index is 1.29. The van der Waals surface area contributed by atoms with E-state index in [9.17, 15) is 9.59 Å². The molecule has 1 saturated heterocycles. The fourth-order valence-electron chi connectivity index (χ4n) is 6.29. The molecule has 0 bridgehead atoms. The fraction of sp³-hybridized carbons (Fsp3) is 0.500. The van der Waals surface area contributed by atoms with Gasteiger partial charge in [-0.2, -0.15) is 0 Å². The van der Waals surface area contributed by atoms with Gasteiger partial charge in [0.05, 0.1) is 22.8 Å². The number of nitrogens with one attached hydrogen (secondary N) is 1. The number of hydrogen-bond donors (Lipinski definition) is 1. The van der Waals surface area contributed by atoms with Gasteiger partial charge in [0.2, 0.25) is 0 Å². The Kier molecular flexibility index (Phi) is 8.08. The summed E-state index contributed by atoms with van der Waals surface area (Å²) in [5.41, 5.74) is 5.50. The van der Waals surface area contributed by atoms with Gasteiger partial charge in [-0.25, -0.2) is 0 Å². The number of thiophene rings is 1. The highest BCUT2D eigenvalue weighted by atomic mass is 35.5. The van der Waals surface area contributed by atoms with E-state index in [1.807, 2.05) is 48.3 Å². The highest BCUT2D eigenvalue weighted by Crippen LogP contribution is 2.44. The van der Waals surface area contributed by atoms with E-state index in [0.29, 0.717) is 35.5 Å². The third kappa shape index (κ3) is 5.47. The number of aromatic nitrogens is 2. The molecule has 1 fully saturated rings. The standard InChI is InChI=1S/C30H37ClN4O2S/c1-5-24(21-8-11-34(12-9-21)16-23-7-6-22(31)15-32-23)28-20(4)27-26(38-28)10-13-35(30(27)37)17-25-18(2)14-19(3)33-29(25)36/h6-7,14-15,21,24H,5,8-13,16-17H2,1-4H3,(H,33,36)/t24-/m1/s1. The number of carbonyl (C=O) groups excluding carboxylic acids is 1. The lowest BCUT2D eigenvalue weighted by atomic mass is 9.80. The Morgan fingerprint density at radius 1 is 1.13 bits per heavy atom. The molecular weight excluding hydrogens is 516 g/mol. The van der Waals surface area contributed by atoms with Crippen LogP contribution < -0.4 is 5.56 Å². The molecule has 0 saturated carbocycles. The zero-order valence-corrected chi connectivity index (χ0v) is 24.3. The van der Waals surface area contributed by atoms with Gasteiger partial charge in [-0.1, -0.05) is 18.5 Å². The predicted molar refractivity (Wildman–Crippen MR) is 154 cm³/mol. The van der Waals surface area contributed by atoms with Crippen molar-refractivity contribution in [2.45, 2.75) is 72.4 Å². The molecule has 6 nitrogen and oxygen atoms in total. The molecule has 202 valence electrons. The van der Waals surface area contributed by atoms with Crippen LogP contribution in [-0.2, 0) is 19.5 Å². The average Bonchev–Trinajstić information content (AvgIpc) is 3.22. The van der Waals surface area contributed by atoms with Crippen LogP contribution in [0.15, 0.2) is 29.2 Å². The summed E-state index contributed by atoms with van der Waals surface area (Å²) in [6.07, 6.45) is 5.98. The fourth-order valence-corrected chi connectivity index (χ4v) is 7.97. The van der Waals surface area contributed by atoms with Crippen molar-refractivity contribution in [2.75, 3.05) is 19.6 Å². The van der Waals surface area contributed by atoms with Crippen molar-refractivity contribution in [2.24, 2.45) is 5.92 Å². The van der Waals surface area contributed by atoms with Crippen LogP contribution in [0.25, 0.3) is 0 Å². The van der Waals surface area contributed by atoms with E-state index in [-0.39, 0.29) is 11.5 Å². The lowest BCUT2D eigenvalue weighted by Gasteiger charge is -2.35. The quantitative estimate of drug-likeness (QED) is 0.389. The van der Waals surface area contributed by atoms with Gasteiger partial charge < -0.3 is 9.88 Å². The number of pyridine rings is 2. The highest BCUT2D eigenvalue weighted by molar-refractivity contribution is 7.12. The van der Waals surface area contributed by atoms with Crippen LogP contribution in [0.2, 0.25) is 5.02 Å². The number of hydrogen-bond acceptors (Lipinski definition) is 5. The third-order valence-corrected chi connectivity index (χ3v) is 10.1. The van der Waals surface area contributed by atoms with E-state index in [4.69, 9.17) is 11.6 Å². The molecule has 0 radical (unpaired) electrons. The molecule has 5 heterocycles. The summed E-state index contributed by atoms with van der Waals surface area (Å²) in [6.45, 7) is 12.3. The van der Waals surface area contributed by atoms with Gasteiger partial charge in [-0.05, 0) is 94.3 Å². The number of nitrogens with zero attached hydrogens (tertiary/aromatic N) is 3. The second-order valence-corrected chi connectivity index (χ2v) is 12.5. The molecule has 1 N–H and O–H groups in total. The van der Waals surface area contributed by atoms with Crippen molar-refractivity contribution in [3.05, 3.63) is 83.2 Å². The van der Waals surface area contributed by atoms with Gasteiger partial charge >= 0.3 is 0 Å². The summed E-state index contributed by atoms with van der Waals surface area (Å²) in [7, 11) is 0. The molecule has 2 aliphatic heterocycles. The van der Waals surface area contributed by atoms with Crippen LogP contribution in [0.5, 0.6) is 0 Å². The lowest BCUT2D eigenvalue weighted by Crippen LogP contribution is -2.38. The Morgan fingerprint density at radius 3 is 2.55 bits per heavy atom. The summed E-state index contributed by atoms with van der Waals surface area (Å²) in [5, 5.41) is 0.674. The van der Waals surface area contributed by atoms with Crippen molar-refractivity contribution in [1.29, 1.82) is 0 Å². The van der Waals surface area contributed by atoms with Gasteiger partial charge in [-0.15, -0.1) is 11.3 Å². The van der Waals surface area contributed by atoms with Gasteiger partial charge in [-0.3, -0.25) is 19.5 Å². The number of aromatic amines is 1. The van der Waals surface area contributed by atoms with Crippen molar-refractivity contribution in [1.82, 2.24) is 19.8 Å². The molecule has 3 aromatic rings. The van der Waals surface area contributed by atoms with E-state index >= 15 is 0 Å². The Hall–Kier alpha value is -2.48. The Morgan fingerprint density at radius 2 is 1.89 bits per heavy atom. The molecule has 0 unspecified atom stereocenters. The number of likely N-dealkylation sites (tertiary alicyclic amines) is 1. The summed E-state index contributed by atoms with van der Waals surface area (Å²) >= 11 is 7.85. The van der Waals surface area contributed by atoms with Crippen molar-refractivity contribution in [3.8, 4) is 0 Å². The molecule has 1 atom stereocenters. The third-order valence-electron chi connectivity index (χ3n) is 8.36. The van der Waals surface area contributed by atoms with Crippen LogP contribution in [0.1, 0.15) is 80.3 Å². The first-order valence-electron chi connectivity index (χ1n) is 13.7. The number of amides is 1.